The first-order valence-electron chi connectivity index (χ1n) is 10.1. The zero-order valence-corrected chi connectivity index (χ0v) is 17.8. The summed E-state index contributed by atoms with van der Waals surface area (Å²) in [6.07, 6.45) is 2.52. The highest BCUT2D eigenvalue weighted by atomic mass is 32.2. The second kappa shape index (κ2) is 8.01. The van der Waals surface area contributed by atoms with Gasteiger partial charge in [0.05, 0.1) is 30.1 Å². The molecule has 1 fully saturated rings. The third kappa shape index (κ3) is 4.29. The molecule has 0 unspecified atom stereocenters. The van der Waals surface area contributed by atoms with Crippen molar-refractivity contribution in [3.8, 4) is 0 Å². The summed E-state index contributed by atoms with van der Waals surface area (Å²) in [5.74, 6) is 0.838. The lowest BCUT2D eigenvalue weighted by molar-refractivity contribution is 0.0532. The summed E-state index contributed by atoms with van der Waals surface area (Å²) in [6.45, 7) is 6.38. The van der Waals surface area contributed by atoms with Gasteiger partial charge in [-0.15, -0.1) is 0 Å². The van der Waals surface area contributed by atoms with Crippen LogP contribution in [0.3, 0.4) is 0 Å². The minimum Gasteiger partial charge on any atom is -0.376 e. The van der Waals surface area contributed by atoms with E-state index in [0.29, 0.717) is 45.2 Å². The van der Waals surface area contributed by atoms with Crippen LogP contribution in [0.15, 0.2) is 36.5 Å². The van der Waals surface area contributed by atoms with E-state index in [9.17, 15) is 8.42 Å². The van der Waals surface area contributed by atoms with Crippen molar-refractivity contribution in [2.45, 2.75) is 38.8 Å². The molecule has 1 aromatic heterocycles. The van der Waals surface area contributed by atoms with Crippen LogP contribution in [0.5, 0.6) is 0 Å². The van der Waals surface area contributed by atoms with Crippen molar-refractivity contribution in [2.24, 2.45) is 5.92 Å². The molecule has 3 heterocycles. The highest BCUT2D eigenvalue weighted by molar-refractivity contribution is 7.89. The molecule has 0 radical (unpaired) electrons. The molecule has 1 atom stereocenters. The van der Waals surface area contributed by atoms with Gasteiger partial charge in [-0.1, -0.05) is 44.2 Å². The molecule has 1 N–H and O–H groups in total. The lowest BCUT2D eigenvalue weighted by atomic mass is 9.81. The number of sulfonamides is 1. The highest BCUT2D eigenvalue weighted by Gasteiger charge is 2.48. The van der Waals surface area contributed by atoms with E-state index in [2.05, 4.69) is 22.4 Å². The van der Waals surface area contributed by atoms with Crippen molar-refractivity contribution in [3.63, 3.8) is 0 Å². The van der Waals surface area contributed by atoms with Gasteiger partial charge in [0.2, 0.25) is 16.0 Å². The second-order valence-corrected chi connectivity index (χ2v) is 10.4. The van der Waals surface area contributed by atoms with Gasteiger partial charge in [-0.25, -0.2) is 22.7 Å². The predicted molar refractivity (Wildman–Crippen MR) is 112 cm³/mol. The van der Waals surface area contributed by atoms with E-state index >= 15 is 0 Å². The van der Waals surface area contributed by atoms with Gasteiger partial charge in [-0.05, 0) is 17.9 Å². The van der Waals surface area contributed by atoms with Gasteiger partial charge in [-0.2, -0.15) is 0 Å². The van der Waals surface area contributed by atoms with Crippen LogP contribution in [0, 0.1) is 5.92 Å². The topological polar surface area (TPSA) is 84.4 Å². The smallest absolute Gasteiger partial charge is 0.223 e. The van der Waals surface area contributed by atoms with Crippen LogP contribution < -0.4 is 5.32 Å². The van der Waals surface area contributed by atoms with Gasteiger partial charge in [0.25, 0.3) is 0 Å². The summed E-state index contributed by atoms with van der Waals surface area (Å²) in [7, 11) is -3.27. The fourth-order valence-electron chi connectivity index (χ4n) is 4.17. The van der Waals surface area contributed by atoms with Gasteiger partial charge in [0.15, 0.2) is 0 Å². The molecule has 8 heteroatoms. The molecule has 1 saturated heterocycles. The summed E-state index contributed by atoms with van der Waals surface area (Å²) in [5, 5.41) is 3.29. The number of ether oxygens (including phenoxy) is 1. The average molecular weight is 417 g/mol. The normalized spacial score (nSPS) is 22.2. The maximum Gasteiger partial charge on any atom is 0.223 e. The zero-order chi connectivity index (χ0) is 20.5. The van der Waals surface area contributed by atoms with Crippen molar-refractivity contribution in [1.29, 1.82) is 0 Å². The average Bonchev–Trinajstić information content (AvgIpc) is 3.12. The SMILES string of the molecule is CC(C)CS(=O)(=O)N1CC[C@@]2(COCc3cnc(NCc4ccccc4)nc32)C1. The predicted octanol–water partition coefficient (Wildman–Crippen LogP) is 2.55. The molecule has 7 nitrogen and oxygen atoms in total. The van der Waals surface area contributed by atoms with E-state index in [4.69, 9.17) is 9.72 Å². The van der Waals surface area contributed by atoms with Gasteiger partial charge in [0.1, 0.15) is 0 Å². The molecule has 1 spiro atoms. The van der Waals surface area contributed by atoms with Crippen molar-refractivity contribution in [3.05, 3.63) is 53.3 Å². The fourth-order valence-corrected chi connectivity index (χ4v) is 6.03. The Bertz CT molecular complexity index is 965. The molecule has 0 saturated carbocycles. The van der Waals surface area contributed by atoms with Gasteiger partial charge < -0.3 is 10.1 Å². The molecule has 0 aliphatic carbocycles. The monoisotopic (exact) mass is 416 g/mol. The maximum atomic E-state index is 12.7. The van der Waals surface area contributed by atoms with Crippen LogP contribution in [-0.2, 0) is 33.3 Å². The minimum atomic E-state index is -3.27. The Kier molecular flexibility index (Phi) is 5.59. The van der Waals surface area contributed by atoms with Crippen LogP contribution in [0.25, 0.3) is 0 Å². The lowest BCUT2D eigenvalue weighted by Gasteiger charge is -2.34. The summed E-state index contributed by atoms with van der Waals surface area (Å²) in [5.41, 5.74) is 2.63. The lowest BCUT2D eigenvalue weighted by Crippen LogP contribution is -2.42. The molecule has 0 amide bonds. The fraction of sp³-hybridized carbons (Fsp3) is 0.524. The largest absolute Gasteiger partial charge is 0.376 e. The van der Waals surface area contributed by atoms with Crippen LogP contribution >= 0.6 is 0 Å². The Morgan fingerprint density at radius 2 is 2.07 bits per heavy atom. The quantitative estimate of drug-likeness (QED) is 0.779. The summed E-state index contributed by atoms with van der Waals surface area (Å²) in [6, 6.07) is 10.1. The van der Waals surface area contributed by atoms with E-state index in [0.717, 1.165) is 16.8 Å². The van der Waals surface area contributed by atoms with Crippen LogP contribution in [-0.4, -0.2) is 48.1 Å². The highest BCUT2D eigenvalue weighted by Crippen LogP contribution is 2.40. The summed E-state index contributed by atoms with van der Waals surface area (Å²) in [4.78, 5) is 9.25. The van der Waals surface area contributed by atoms with E-state index in [1.165, 1.54) is 0 Å². The molecular formula is C21H28N4O3S. The standard InChI is InChI=1S/C21H28N4O3S/c1-16(2)13-29(26,27)25-9-8-21(14-25)15-28-12-18-11-23-20(24-19(18)21)22-10-17-6-4-3-5-7-17/h3-7,11,16H,8-10,12-15H2,1-2H3,(H,22,23,24)/t21-/m0/s1. The van der Waals surface area contributed by atoms with Crippen molar-refractivity contribution in [1.82, 2.24) is 14.3 Å². The Morgan fingerprint density at radius 3 is 2.83 bits per heavy atom. The third-order valence-corrected chi connectivity index (χ3v) is 7.74. The molecular weight excluding hydrogens is 388 g/mol. The number of nitrogens with zero attached hydrogens (tertiary/aromatic N) is 3. The number of hydrogen-bond acceptors (Lipinski definition) is 6. The van der Waals surface area contributed by atoms with E-state index in [1.807, 2.05) is 38.2 Å². The molecule has 156 valence electrons. The first-order chi connectivity index (χ1) is 13.9. The van der Waals surface area contributed by atoms with E-state index in [1.54, 1.807) is 4.31 Å². The van der Waals surface area contributed by atoms with Crippen LogP contribution in [0.1, 0.15) is 37.1 Å². The van der Waals surface area contributed by atoms with Crippen LogP contribution in [0.4, 0.5) is 5.95 Å². The Balaban J connectivity index is 1.56. The zero-order valence-electron chi connectivity index (χ0n) is 17.0. The van der Waals surface area contributed by atoms with Gasteiger partial charge in [-0.3, -0.25) is 0 Å². The van der Waals surface area contributed by atoms with Crippen molar-refractivity contribution < 1.29 is 13.2 Å². The molecule has 2 aliphatic heterocycles. The third-order valence-electron chi connectivity index (χ3n) is 5.55. The van der Waals surface area contributed by atoms with Gasteiger partial charge >= 0.3 is 0 Å². The minimum absolute atomic E-state index is 0.0996. The molecule has 29 heavy (non-hydrogen) atoms. The molecule has 0 bridgehead atoms. The van der Waals surface area contributed by atoms with Crippen molar-refractivity contribution >= 4 is 16.0 Å². The van der Waals surface area contributed by atoms with Crippen molar-refractivity contribution in [2.75, 3.05) is 30.8 Å². The first-order valence-corrected chi connectivity index (χ1v) is 11.7. The van der Waals surface area contributed by atoms with Gasteiger partial charge in [0, 0.05) is 31.4 Å². The number of rotatable bonds is 6. The number of benzene rings is 1. The summed E-state index contributed by atoms with van der Waals surface area (Å²) < 4.78 is 32.9. The number of fused-ring (bicyclic) bond motifs is 2. The molecule has 4 rings (SSSR count). The molecule has 1 aromatic carbocycles. The Labute approximate surface area is 172 Å². The molecule has 2 aromatic rings. The van der Waals surface area contributed by atoms with E-state index < -0.39 is 15.4 Å². The molecule has 2 aliphatic rings. The Hall–Kier alpha value is -2.03. The van der Waals surface area contributed by atoms with E-state index in [-0.39, 0.29) is 11.7 Å². The number of hydrogen-bond donors (Lipinski definition) is 1. The maximum absolute atomic E-state index is 12.7. The Morgan fingerprint density at radius 1 is 1.28 bits per heavy atom. The number of aromatic nitrogens is 2. The number of nitrogens with one attached hydrogen (secondary N) is 1. The number of anilines is 1. The van der Waals surface area contributed by atoms with Crippen LogP contribution in [0.2, 0.25) is 0 Å². The second-order valence-electron chi connectivity index (χ2n) is 8.44. The summed E-state index contributed by atoms with van der Waals surface area (Å²) >= 11 is 0. The first kappa shape index (κ1) is 20.3.